The second-order valence-electron chi connectivity index (χ2n) is 3.65. The van der Waals surface area contributed by atoms with E-state index in [9.17, 15) is 0 Å². The molecule has 2 aromatic rings. The van der Waals surface area contributed by atoms with Gasteiger partial charge >= 0.3 is 0 Å². The molecule has 1 atom stereocenters. The van der Waals surface area contributed by atoms with Crippen molar-refractivity contribution in [2.75, 3.05) is 7.05 Å². The van der Waals surface area contributed by atoms with E-state index in [-0.39, 0.29) is 6.04 Å². The summed E-state index contributed by atoms with van der Waals surface area (Å²) in [5.74, 6) is 0.971. The third kappa shape index (κ3) is 2.54. The van der Waals surface area contributed by atoms with E-state index < -0.39 is 0 Å². The van der Waals surface area contributed by atoms with Crippen molar-refractivity contribution in [1.29, 1.82) is 0 Å². The summed E-state index contributed by atoms with van der Waals surface area (Å²) in [5.41, 5.74) is 1.28. The minimum Gasteiger partial charge on any atom is -0.468 e. The molecule has 2 rings (SSSR count). The monoisotopic (exact) mass is 279 g/mol. The highest BCUT2D eigenvalue weighted by atomic mass is 79.9. The summed E-state index contributed by atoms with van der Waals surface area (Å²) in [4.78, 5) is 0. The Kier molecular flexibility index (Phi) is 3.80. The molecule has 0 radical (unpaired) electrons. The van der Waals surface area contributed by atoms with Crippen LogP contribution in [0.2, 0.25) is 0 Å². The second kappa shape index (κ2) is 5.32. The van der Waals surface area contributed by atoms with Gasteiger partial charge in [-0.3, -0.25) is 0 Å². The molecule has 84 valence electrons. The molecule has 1 heterocycles. The molecule has 1 unspecified atom stereocenters. The van der Waals surface area contributed by atoms with E-state index in [1.807, 2.05) is 25.2 Å². The smallest absolute Gasteiger partial charge is 0.121 e. The van der Waals surface area contributed by atoms with E-state index in [1.165, 1.54) is 5.56 Å². The number of benzene rings is 1. The van der Waals surface area contributed by atoms with Gasteiger partial charge in [0, 0.05) is 4.47 Å². The molecule has 0 aliphatic rings. The Morgan fingerprint density at radius 2 is 2.06 bits per heavy atom. The first-order valence-corrected chi connectivity index (χ1v) is 6.04. The van der Waals surface area contributed by atoms with Gasteiger partial charge in [-0.15, -0.1) is 0 Å². The third-order valence-corrected chi connectivity index (χ3v) is 3.39. The lowest BCUT2D eigenvalue weighted by Crippen LogP contribution is -2.18. The van der Waals surface area contributed by atoms with Crippen LogP contribution >= 0.6 is 15.9 Å². The normalized spacial score (nSPS) is 12.6. The molecule has 0 aliphatic carbocycles. The molecule has 0 saturated carbocycles. The number of furan rings is 1. The zero-order chi connectivity index (χ0) is 11.4. The van der Waals surface area contributed by atoms with Gasteiger partial charge < -0.3 is 9.73 Å². The molecule has 1 N–H and O–H groups in total. The summed E-state index contributed by atoms with van der Waals surface area (Å²) < 4.78 is 6.56. The van der Waals surface area contributed by atoms with E-state index in [2.05, 4.69) is 39.4 Å². The van der Waals surface area contributed by atoms with Crippen LogP contribution in [-0.4, -0.2) is 7.05 Å². The fourth-order valence-corrected chi connectivity index (χ4v) is 2.16. The Balaban J connectivity index is 2.17. The minimum atomic E-state index is 0.216. The maximum absolute atomic E-state index is 5.42. The predicted molar refractivity (Wildman–Crippen MR) is 68.4 cm³/mol. The SMILES string of the molecule is CNC(Cc1ccccc1Br)c1ccco1. The van der Waals surface area contributed by atoms with E-state index in [0.29, 0.717) is 0 Å². The molecule has 1 aromatic heterocycles. The summed E-state index contributed by atoms with van der Waals surface area (Å²) in [6, 6.07) is 12.4. The average molecular weight is 280 g/mol. The van der Waals surface area contributed by atoms with Crippen LogP contribution in [-0.2, 0) is 6.42 Å². The van der Waals surface area contributed by atoms with Crippen molar-refractivity contribution in [2.45, 2.75) is 12.5 Å². The Labute approximate surface area is 104 Å². The van der Waals surface area contributed by atoms with Gasteiger partial charge in [-0.2, -0.15) is 0 Å². The molecular formula is C13H14BrNO. The Morgan fingerprint density at radius 1 is 1.25 bits per heavy atom. The topological polar surface area (TPSA) is 25.2 Å². The summed E-state index contributed by atoms with van der Waals surface area (Å²) in [6.07, 6.45) is 2.62. The van der Waals surface area contributed by atoms with Gasteiger partial charge in [0.25, 0.3) is 0 Å². The van der Waals surface area contributed by atoms with Crippen LogP contribution in [0.3, 0.4) is 0 Å². The highest BCUT2D eigenvalue weighted by molar-refractivity contribution is 9.10. The fourth-order valence-electron chi connectivity index (χ4n) is 1.72. The second-order valence-corrected chi connectivity index (χ2v) is 4.51. The average Bonchev–Trinajstić information content (AvgIpc) is 2.81. The first-order chi connectivity index (χ1) is 7.81. The van der Waals surface area contributed by atoms with Gasteiger partial charge in [-0.05, 0) is 37.2 Å². The van der Waals surface area contributed by atoms with Crippen LogP contribution < -0.4 is 5.32 Å². The number of nitrogens with one attached hydrogen (secondary N) is 1. The molecule has 3 heteroatoms. The van der Waals surface area contributed by atoms with Crippen molar-refractivity contribution in [2.24, 2.45) is 0 Å². The van der Waals surface area contributed by atoms with Crippen LogP contribution in [0.15, 0.2) is 51.6 Å². The fraction of sp³-hybridized carbons (Fsp3) is 0.231. The maximum atomic E-state index is 5.42. The van der Waals surface area contributed by atoms with Gasteiger partial charge in [-0.25, -0.2) is 0 Å². The standard InChI is InChI=1S/C13H14BrNO/c1-15-12(13-7-4-8-16-13)9-10-5-2-3-6-11(10)14/h2-8,12,15H,9H2,1H3. The zero-order valence-corrected chi connectivity index (χ0v) is 10.7. The first kappa shape index (κ1) is 11.4. The number of hydrogen-bond donors (Lipinski definition) is 1. The lowest BCUT2D eigenvalue weighted by atomic mass is 10.0. The molecule has 2 nitrogen and oxygen atoms in total. The molecular weight excluding hydrogens is 266 g/mol. The third-order valence-electron chi connectivity index (χ3n) is 2.62. The van der Waals surface area contributed by atoms with Gasteiger partial charge in [0.2, 0.25) is 0 Å². The molecule has 0 saturated heterocycles. The maximum Gasteiger partial charge on any atom is 0.121 e. The largest absolute Gasteiger partial charge is 0.468 e. The highest BCUT2D eigenvalue weighted by Gasteiger charge is 2.13. The summed E-state index contributed by atoms with van der Waals surface area (Å²) >= 11 is 3.56. The van der Waals surface area contributed by atoms with Crippen LogP contribution in [0.25, 0.3) is 0 Å². The Morgan fingerprint density at radius 3 is 2.69 bits per heavy atom. The quantitative estimate of drug-likeness (QED) is 0.926. The van der Waals surface area contributed by atoms with Gasteiger partial charge in [0.05, 0.1) is 12.3 Å². The van der Waals surface area contributed by atoms with Crippen molar-refractivity contribution in [1.82, 2.24) is 5.32 Å². The number of rotatable bonds is 4. The molecule has 0 fully saturated rings. The molecule has 1 aromatic carbocycles. The van der Waals surface area contributed by atoms with Crippen molar-refractivity contribution in [3.05, 3.63) is 58.5 Å². The van der Waals surface area contributed by atoms with E-state index in [4.69, 9.17) is 4.42 Å². The highest BCUT2D eigenvalue weighted by Crippen LogP contribution is 2.23. The summed E-state index contributed by atoms with van der Waals surface area (Å²) in [6.45, 7) is 0. The van der Waals surface area contributed by atoms with E-state index in [1.54, 1.807) is 6.26 Å². The van der Waals surface area contributed by atoms with Gasteiger partial charge in [0.15, 0.2) is 0 Å². The van der Waals surface area contributed by atoms with Crippen LogP contribution in [0.1, 0.15) is 17.4 Å². The lowest BCUT2D eigenvalue weighted by Gasteiger charge is -2.14. The van der Waals surface area contributed by atoms with Crippen LogP contribution in [0.4, 0.5) is 0 Å². The molecule has 0 amide bonds. The predicted octanol–water partition coefficient (Wildman–Crippen LogP) is 3.55. The van der Waals surface area contributed by atoms with Crippen LogP contribution in [0, 0.1) is 0 Å². The van der Waals surface area contributed by atoms with Crippen molar-refractivity contribution >= 4 is 15.9 Å². The summed E-state index contributed by atoms with van der Waals surface area (Å²) in [7, 11) is 1.95. The molecule has 16 heavy (non-hydrogen) atoms. The number of halogens is 1. The minimum absolute atomic E-state index is 0.216. The van der Waals surface area contributed by atoms with Crippen LogP contribution in [0.5, 0.6) is 0 Å². The lowest BCUT2D eigenvalue weighted by molar-refractivity contribution is 0.429. The Bertz CT molecular complexity index is 439. The summed E-state index contributed by atoms with van der Waals surface area (Å²) in [5, 5.41) is 3.27. The Hall–Kier alpha value is -1.06. The molecule has 0 bridgehead atoms. The van der Waals surface area contributed by atoms with E-state index >= 15 is 0 Å². The van der Waals surface area contributed by atoms with E-state index in [0.717, 1.165) is 16.7 Å². The van der Waals surface area contributed by atoms with Crippen molar-refractivity contribution in [3.8, 4) is 0 Å². The van der Waals surface area contributed by atoms with Gasteiger partial charge in [-0.1, -0.05) is 34.1 Å². The number of likely N-dealkylation sites (N-methyl/N-ethyl adjacent to an activating group) is 1. The number of hydrogen-bond acceptors (Lipinski definition) is 2. The first-order valence-electron chi connectivity index (χ1n) is 5.25. The zero-order valence-electron chi connectivity index (χ0n) is 9.11. The molecule has 0 spiro atoms. The van der Waals surface area contributed by atoms with Crippen molar-refractivity contribution in [3.63, 3.8) is 0 Å². The molecule has 0 aliphatic heterocycles. The van der Waals surface area contributed by atoms with Gasteiger partial charge in [0.1, 0.15) is 5.76 Å². The van der Waals surface area contributed by atoms with Crippen molar-refractivity contribution < 1.29 is 4.42 Å².